The summed E-state index contributed by atoms with van der Waals surface area (Å²) in [5, 5.41) is 0. The second-order valence-electron chi connectivity index (χ2n) is 9.54. The molecule has 0 heterocycles. The predicted molar refractivity (Wildman–Crippen MR) is 123 cm³/mol. The van der Waals surface area contributed by atoms with E-state index in [9.17, 15) is 9.59 Å². The number of benzene rings is 1. The Kier molecular flexibility index (Phi) is 8.53. The van der Waals surface area contributed by atoms with Crippen LogP contribution in [-0.4, -0.2) is 33.2 Å². The zero-order valence-electron chi connectivity index (χ0n) is 18.4. The zero-order valence-corrected chi connectivity index (χ0v) is 21.0. The van der Waals surface area contributed by atoms with Gasteiger partial charge in [0.1, 0.15) is 0 Å². The maximum absolute atomic E-state index is 13.1. The van der Waals surface area contributed by atoms with E-state index in [0.717, 1.165) is 35.3 Å². The first kappa shape index (κ1) is 24.1. The molecule has 1 aromatic rings. The number of carbonyl (C=O) groups excluding carboxylic acids is 2. The minimum Gasteiger partial charge on any atom is -0.466 e. The molecule has 1 fully saturated rings. The lowest BCUT2D eigenvalue weighted by molar-refractivity contribution is -0.150. The van der Waals surface area contributed by atoms with Crippen molar-refractivity contribution in [2.45, 2.75) is 70.6 Å². The third-order valence-corrected chi connectivity index (χ3v) is 7.96. The molecule has 3 atom stereocenters. The van der Waals surface area contributed by atoms with Gasteiger partial charge in [0.2, 0.25) is 0 Å². The number of esters is 2. The average Bonchev–Trinajstić information content (AvgIpc) is 3.40. The van der Waals surface area contributed by atoms with Crippen LogP contribution in [0, 0.1) is 11.8 Å². The molecule has 0 radical (unpaired) electrons. The molecule has 29 heavy (non-hydrogen) atoms. The minimum absolute atomic E-state index is 0.0516. The molecule has 1 saturated carbocycles. The highest BCUT2D eigenvalue weighted by Gasteiger charge is 2.44. The molecule has 1 aliphatic carbocycles. The van der Waals surface area contributed by atoms with Crippen molar-refractivity contribution in [1.82, 2.24) is 0 Å². The van der Waals surface area contributed by atoms with Crippen LogP contribution in [0.25, 0.3) is 0 Å². The number of rotatable bonds is 11. The fourth-order valence-corrected chi connectivity index (χ4v) is 4.74. The Labute approximate surface area is 184 Å². The highest BCUT2D eigenvalue weighted by atomic mass is 79.9. The molecule has 6 heteroatoms. The smallest absolute Gasteiger partial charge is 0.316 e. The van der Waals surface area contributed by atoms with Crippen molar-refractivity contribution in [2.75, 3.05) is 13.2 Å². The predicted octanol–water partition coefficient (Wildman–Crippen LogP) is 5.96. The molecule has 1 aliphatic rings. The van der Waals surface area contributed by atoms with Crippen LogP contribution in [0.2, 0.25) is 25.7 Å². The maximum Gasteiger partial charge on any atom is 0.316 e. The first-order valence-corrected chi connectivity index (χ1v) is 15.2. The van der Waals surface area contributed by atoms with Crippen molar-refractivity contribution in [1.29, 1.82) is 0 Å². The normalized spacial score (nSPS) is 20.6. The first-order chi connectivity index (χ1) is 13.6. The highest BCUT2D eigenvalue weighted by molar-refractivity contribution is 9.10. The molecule has 0 bridgehead atoms. The molecule has 0 amide bonds. The van der Waals surface area contributed by atoms with Crippen molar-refractivity contribution in [3.63, 3.8) is 0 Å². The molecule has 2 rings (SSSR count). The summed E-state index contributed by atoms with van der Waals surface area (Å²) >= 11 is 3.52. The Bertz CT molecular complexity index is 715. The average molecular weight is 484 g/mol. The van der Waals surface area contributed by atoms with Crippen LogP contribution in [0.4, 0.5) is 0 Å². The maximum atomic E-state index is 13.1. The summed E-state index contributed by atoms with van der Waals surface area (Å²) in [5.74, 6) is 0.226. The summed E-state index contributed by atoms with van der Waals surface area (Å²) < 4.78 is 11.8. The van der Waals surface area contributed by atoms with Gasteiger partial charge in [0.05, 0.1) is 24.5 Å². The molecule has 0 spiro atoms. The molecule has 1 aromatic carbocycles. The molecular formula is C23H35BrO4Si. The van der Waals surface area contributed by atoms with Crippen LogP contribution in [0.3, 0.4) is 0 Å². The quantitative estimate of drug-likeness (QED) is 0.288. The molecule has 0 saturated heterocycles. The van der Waals surface area contributed by atoms with Gasteiger partial charge in [-0.05, 0) is 62.8 Å². The molecule has 0 aromatic heterocycles. The van der Waals surface area contributed by atoms with Gasteiger partial charge in [-0.1, -0.05) is 54.1 Å². The van der Waals surface area contributed by atoms with E-state index in [4.69, 9.17) is 9.47 Å². The van der Waals surface area contributed by atoms with Gasteiger partial charge in [-0.2, -0.15) is 0 Å². The molecular weight excluding hydrogens is 448 g/mol. The third-order valence-electron chi connectivity index (χ3n) is 5.76. The molecule has 0 aliphatic heterocycles. The van der Waals surface area contributed by atoms with Gasteiger partial charge in [0.25, 0.3) is 0 Å². The third kappa shape index (κ3) is 7.25. The van der Waals surface area contributed by atoms with Crippen LogP contribution < -0.4 is 0 Å². The van der Waals surface area contributed by atoms with Crippen LogP contribution in [0.1, 0.15) is 45.1 Å². The second kappa shape index (κ2) is 10.2. The van der Waals surface area contributed by atoms with Crippen molar-refractivity contribution < 1.29 is 19.1 Å². The van der Waals surface area contributed by atoms with Crippen LogP contribution in [0.5, 0.6) is 0 Å². The standard InChI is InChI=1S/C23H35BrO4Si/c1-6-27-21(25)20-15-17(20)9-8-12-23(2,18-10-7-11-19(24)16-18)22(26)28-13-14-29(3,4)5/h7,10-11,16-17,20H,6,8-9,12-15H2,1-5H3. The van der Waals surface area contributed by atoms with Gasteiger partial charge in [-0.3, -0.25) is 9.59 Å². The molecule has 0 N–H and O–H groups in total. The molecule has 162 valence electrons. The Morgan fingerprint density at radius 3 is 2.59 bits per heavy atom. The summed E-state index contributed by atoms with van der Waals surface area (Å²) in [7, 11) is -1.26. The Balaban J connectivity index is 2.00. The van der Waals surface area contributed by atoms with Gasteiger partial charge in [-0.15, -0.1) is 0 Å². The van der Waals surface area contributed by atoms with Crippen LogP contribution in [0.15, 0.2) is 28.7 Å². The van der Waals surface area contributed by atoms with Crippen LogP contribution in [-0.2, 0) is 24.5 Å². The van der Waals surface area contributed by atoms with Crippen LogP contribution >= 0.6 is 15.9 Å². The van der Waals surface area contributed by atoms with Gasteiger partial charge >= 0.3 is 11.9 Å². The summed E-state index contributed by atoms with van der Waals surface area (Å²) in [6.07, 6.45) is 3.44. The summed E-state index contributed by atoms with van der Waals surface area (Å²) in [6.45, 7) is 11.6. The van der Waals surface area contributed by atoms with E-state index in [0.29, 0.717) is 25.6 Å². The lowest BCUT2D eigenvalue weighted by Crippen LogP contribution is -2.35. The zero-order chi connectivity index (χ0) is 21.7. The number of ether oxygens (including phenoxy) is 2. The number of hydrogen-bond donors (Lipinski definition) is 0. The fourth-order valence-electron chi connectivity index (χ4n) is 3.63. The Morgan fingerprint density at radius 1 is 1.24 bits per heavy atom. The van der Waals surface area contributed by atoms with Gasteiger partial charge in [0.15, 0.2) is 0 Å². The van der Waals surface area contributed by atoms with Crippen molar-refractivity contribution >= 4 is 35.9 Å². The molecule has 3 unspecified atom stereocenters. The van der Waals surface area contributed by atoms with E-state index >= 15 is 0 Å². The minimum atomic E-state index is -1.26. The second-order valence-corrected chi connectivity index (χ2v) is 16.1. The van der Waals surface area contributed by atoms with E-state index in [1.54, 1.807) is 0 Å². The van der Waals surface area contributed by atoms with Gasteiger partial charge < -0.3 is 9.47 Å². The highest BCUT2D eigenvalue weighted by Crippen LogP contribution is 2.44. The monoisotopic (exact) mass is 482 g/mol. The summed E-state index contributed by atoms with van der Waals surface area (Å²) in [4.78, 5) is 25.0. The SMILES string of the molecule is CCOC(=O)C1CC1CCCC(C)(C(=O)OCC[Si](C)(C)C)c1cccc(Br)c1. The number of halogens is 1. The topological polar surface area (TPSA) is 52.6 Å². The largest absolute Gasteiger partial charge is 0.466 e. The fraction of sp³-hybridized carbons (Fsp3) is 0.652. The Morgan fingerprint density at radius 2 is 1.97 bits per heavy atom. The van der Waals surface area contributed by atoms with E-state index in [2.05, 4.69) is 35.6 Å². The van der Waals surface area contributed by atoms with Crippen molar-refractivity contribution in [2.24, 2.45) is 11.8 Å². The van der Waals surface area contributed by atoms with E-state index in [1.165, 1.54) is 0 Å². The van der Waals surface area contributed by atoms with Gasteiger partial charge in [0, 0.05) is 12.5 Å². The van der Waals surface area contributed by atoms with Gasteiger partial charge in [-0.25, -0.2) is 0 Å². The Hall–Kier alpha value is -1.14. The van der Waals surface area contributed by atoms with E-state index < -0.39 is 13.5 Å². The first-order valence-electron chi connectivity index (χ1n) is 10.7. The summed E-state index contributed by atoms with van der Waals surface area (Å²) in [5.41, 5.74) is 0.292. The number of hydrogen-bond acceptors (Lipinski definition) is 4. The van der Waals surface area contributed by atoms with E-state index in [-0.39, 0.29) is 17.9 Å². The summed E-state index contributed by atoms with van der Waals surface area (Å²) in [6, 6.07) is 8.91. The number of carbonyl (C=O) groups is 2. The van der Waals surface area contributed by atoms with Crippen molar-refractivity contribution in [3.8, 4) is 0 Å². The lowest BCUT2D eigenvalue weighted by atomic mass is 9.78. The lowest BCUT2D eigenvalue weighted by Gasteiger charge is -2.29. The molecule has 4 nitrogen and oxygen atoms in total. The van der Waals surface area contributed by atoms with Crippen molar-refractivity contribution in [3.05, 3.63) is 34.3 Å². The van der Waals surface area contributed by atoms with E-state index in [1.807, 2.05) is 38.1 Å².